The number of aromatic carboxylic acids is 1. The van der Waals surface area contributed by atoms with Crippen LogP contribution >= 0.6 is 0 Å². The van der Waals surface area contributed by atoms with E-state index in [0.717, 1.165) is 16.9 Å². The van der Waals surface area contributed by atoms with Crippen molar-refractivity contribution in [1.82, 2.24) is 0 Å². The van der Waals surface area contributed by atoms with E-state index in [1.54, 1.807) is 19.2 Å². The average Bonchev–Trinajstić information content (AvgIpc) is 2.48. The molecule has 0 saturated heterocycles. The molecular weight excluding hydrogens is 256 g/mol. The van der Waals surface area contributed by atoms with Gasteiger partial charge >= 0.3 is 5.97 Å². The van der Waals surface area contributed by atoms with Gasteiger partial charge < -0.3 is 19.4 Å². The Morgan fingerprint density at radius 1 is 0.950 bits per heavy atom. The van der Waals surface area contributed by atoms with Crippen LogP contribution in [0.4, 0.5) is 0 Å². The van der Waals surface area contributed by atoms with Gasteiger partial charge in [0.25, 0.3) is 0 Å². The quantitative estimate of drug-likeness (QED) is 0.650. The van der Waals surface area contributed by atoms with E-state index in [0.29, 0.717) is 18.8 Å². The molecule has 0 aliphatic carbocycles. The van der Waals surface area contributed by atoms with Gasteiger partial charge in [0.15, 0.2) is 0 Å². The summed E-state index contributed by atoms with van der Waals surface area (Å²) >= 11 is 0. The molecule has 0 bridgehead atoms. The van der Waals surface area contributed by atoms with Crippen molar-refractivity contribution in [2.24, 2.45) is 0 Å². The summed E-state index contributed by atoms with van der Waals surface area (Å²) in [5.74, 6) is 0.127. The highest BCUT2D eigenvalue weighted by Gasteiger charge is 2.08. The molecule has 4 nitrogen and oxygen atoms in total. The lowest BCUT2D eigenvalue weighted by atomic mass is 10.0. The summed E-state index contributed by atoms with van der Waals surface area (Å²) in [4.78, 5) is 8.97. The smallest absolute Gasteiger partial charge is 0.491 e. The molecule has 0 aromatic heterocycles. The summed E-state index contributed by atoms with van der Waals surface area (Å²) in [5.41, 5.74) is 2.43. The maximum absolute atomic E-state index is 8.97. The Morgan fingerprint density at radius 3 is 2.00 bits per heavy atom. The van der Waals surface area contributed by atoms with Crippen molar-refractivity contribution in [3.05, 3.63) is 54.1 Å². The molecule has 0 aliphatic rings. The molecule has 0 spiro atoms. The summed E-state index contributed by atoms with van der Waals surface area (Å²) in [5, 5.41) is 8.97. The Balaban J connectivity index is 2.07. The van der Waals surface area contributed by atoms with Crippen molar-refractivity contribution in [3.8, 4) is 16.9 Å². The van der Waals surface area contributed by atoms with E-state index in [1.165, 1.54) is 0 Å². The van der Waals surface area contributed by atoms with Crippen LogP contribution in [0.5, 0.6) is 5.75 Å². The zero-order valence-electron chi connectivity index (χ0n) is 11.2. The molecule has 2 rings (SSSR count). The van der Waals surface area contributed by atoms with E-state index in [9.17, 15) is 0 Å². The van der Waals surface area contributed by atoms with Gasteiger partial charge in [-0.3, -0.25) is 0 Å². The molecule has 0 amide bonds. The van der Waals surface area contributed by atoms with Crippen LogP contribution in [0.25, 0.3) is 11.1 Å². The van der Waals surface area contributed by atoms with Gasteiger partial charge in [0.2, 0.25) is 0 Å². The number of carboxylic acid groups (broad SMARTS) is 1. The van der Waals surface area contributed by atoms with E-state index in [1.807, 2.05) is 36.4 Å². The minimum atomic E-state index is -0.668. The normalized spacial score (nSPS) is 10.2. The van der Waals surface area contributed by atoms with Crippen molar-refractivity contribution in [3.63, 3.8) is 0 Å². The first-order chi connectivity index (χ1) is 9.70. The molecule has 0 atom stereocenters. The topological polar surface area (TPSA) is 60.1 Å². The zero-order valence-corrected chi connectivity index (χ0v) is 11.2. The number of hydrogen-bond donors (Lipinski definition) is 1. The molecule has 0 unspecified atom stereocenters. The molecule has 0 saturated carbocycles. The maximum atomic E-state index is 8.97. The first-order valence-electron chi connectivity index (χ1n) is 6.28. The molecule has 2 aromatic carbocycles. The maximum Gasteiger partial charge on any atom is 0.515 e. The van der Waals surface area contributed by atoms with Gasteiger partial charge in [0.1, 0.15) is 17.9 Å². The molecule has 104 valence electrons. The standard InChI is InChI=1S/C16H16O4/c1-19-10-11-20-15-8-6-13(7-9-15)12-2-4-14(5-3-12)16(17)18/h2-9H,10-11H2,1H3,(H,17,18)/p+1. The SMILES string of the molecule is COCCOc1ccc(-c2ccc(C(O)=[OH+])cc2)cc1. The molecule has 4 heteroatoms. The van der Waals surface area contributed by atoms with Gasteiger partial charge in [0.05, 0.1) is 6.61 Å². The Bertz CT molecular complexity index is 558. The molecule has 0 heterocycles. The highest BCUT2D eigenvalue weighted by molar-refractivity contribution is 5.89. The van der Waals surface area contributed by atoms with Gasteiger partial charge in [0, 0.05) is 7.11 Å². The fourth-order valence-corrected chi connectivity index (χ4v) is 1.80. The lowest BCUT2D eigenvalue weighted by Crippen LogP contribution is -2.03. The van der Waals surface area contributed by atoms with Crippen molar-refractivity contribution in [1.29, 1.82) is 0 Å². The summed E-state index contributed by atoms with van der Waals surface area (Å²) in [6.07, 6.45) is 0. The predicted molar refractivity (Wildman–Crippen MR) is 77.9 cm³/mol. The summed E-state index contributed by atoms with van der Waals surface area (Å²) < 4.78 is 10.4. The van der Waals surface area contributed by atoms with E-state index < -0.39 is 5.97 Å². The zero-order chi connectivity index (χ0) is 14.4. The minimum absolute atomic E-state index is 0.397. The largest absolute Gasteiger partial charge is 0.515 e. The molecule has 20 heavy (non-hydrogen) atoms. The number of ether oxygens (including phenoxy) is 2. The van der Waals surface area contributed by atoms with Crippen molar-refractivity contribution < 1.29 is 19.4 Å². The van der Waals surface area contributed by atoms with Gasteiger partial charge in [-0.05, 0) is 35.4 Å². The molecule has 2 aromatic rings. The number of rotatable bonds is 6. The monoisotopic (exact) mass is 273 g/mol. The summed E-state index contributed by atoms with van der Waals surface area (Å²) in [6.45, 7) is 1.08. The van der Waals surface area contributed by atoms with Crippen LogP contribution in [0.2, 0.25) is 0 Å². The van der Waals surface area contributed by atoms with E-state index >= 15 is 0 Å². The predicted octanol–water partition coefficient (Wildman–Crippen LogP) is 2.79. The van der Waals surface area contributed by atoms with Gasteiger partial charge in [-0.2, -0.15) is 0 Å². The van der Waals surface area contributed by atoms with Crippen molar-refractivity contribution >= 4 is 5.97 Å². The average molecular weight is 273 g/mol. The number of hydrogen-bond acceptors (Lipinski definition) is 2. The van der Waals surface area contributed by atoms with Crippen molar-refractivity contribution in [2.75, 3.05) is 20.3 Å². The van der Waals surface area contributed by atoms with Gasteiger partial charge in [-0.15, -0.1) is 0 Å². The van der Waals surface area contributed by atoms with Crippen LogP contribution in [-0.4, -0.2) is 36.2 Å². The molecule has 2 N–H and O–H groups in total. The fraction of sp³-hybridized carbons (Fsp3) is 0.188. The molecule has 0 radical (unpaired) electrons. The van der Waals surface area contributed by atoms with Gasteiger partial charge in [-0.1, -0.05) is 24.3 Å². The Hall–Kier alpha value is -2.33. The minimum Gasteiger partial charge on any atom is -0.491 e. The number of methoxy groups -OCH3 is 1. The van der Waals surface area contributed by atoms with E-state index in [4.69, 9.17) is 19.4 Å². The fourth-order valence-electron chi connectivity index (χ4n) is 1.80. The third kappa shape index (κ3) is 3.59. The van der Waals surface area contributed by atoms with E-state index in [2.05, 4.69) is 0 Å². The van der Waals surface area contributed by atoms with Crippen LogP contribution in [0.1, 0.15) is 5.56 Å². The number of benzene rings is 2. The first kappa shape index (κ1) is 14.1. The number of aliphatic hydroxyl groups excluding tert-OH is 1. The first-order valence-corrected chi connectivity index (χ1v) is 6.28. The van der Waals surface area contributed by atoms with Crippen LogP contribution in [0, 0.1) is 0 Å². The third-order valence-corrected chi connectivity index (χ3v) is 2.89. The van der Waals surface area contributed by atoms with Crippen LogP contribution in [-0.2, 0) is 4.74 Å². The highest BCUT2D eigenvalue weighted by atomic mass is 16.5. The molecular formula is C16H17O4+. The van der Waals surface area contributed by atoms with Crippen molar-refractivity contribution in [2.45, 2.75) is 0 Å². The summed E-state index contributed by atoms with van der Waals surface area (Å²) in [6, 6.07) is 14.7. The Morgan fingerprint density at radius 2 is 1.50 bits per heavy atom. The Kier molecular flexibility index (Phi) is 4.74. The lowest BCUT2D eigenvalue weighted by Gasteiger charge is -2.07. The van der Waals surface area contributed by atoms with E-state index in [-0.39, 0.29) is 0 Å². The Labute approximate surface area is 117 Å². The van der Waals surface area contributed by atoms with Gasteiger partial charge in [-0.25, -0.2) is 0 Å². The number of carboxylic acids is 1. The summed E-state index contributed by atoms with van der Waals surface area (Å²) in [7, 11) is 1.64. The highest BCUT2D eigenvalue weighted by Crippen LogP contribution is 2.22. The van der Waals surface area contributed by atoms with Crippen LogP contribution in [0.15, 0.2) is 48.5 Å². The molecule has 0 aliphatic heterocycles. The van der Waals surface area contributed by atoms with Crippen LogP contribution < -0.4 is 4.74 Å². The second-order valence-electron chi connectivity index (χ2n) is 4.27. The van der Waals surface area contributed by atoms with Crippen LogP contribution in [0.3, 0.4) is 0 Å². The second-order valence-corrected chi connectivity index (χ2v) is 4.27. The second kappa shape index (κ2) is 6.73. The molecule has 0 fully saturated rings. The third-order valence-electron chi connectivity index (χ3n) is 2.89. The lowest BCUT2D eigenvalue weighted by molar-refractivity contribution is 0.146.